The summed E-state index contributed by atoms with van der Waals surface area (Å²) in [4.78, 5) is 20.7. The van der Waals surface area contributed by atoms with Gasteiger partial charge in [-0.1, -0.05) is 6.07 Å². The Kier molecular flexibility index (Phi) is 4.05. The Morgan fingerprint density at radius 2 is 1.78 bits per heavy atom. The molecule has 0 aliphatic carbocycles. The van der Waals surface area contributed by atoms with Crippen molar-refractivity contribution in [1.29, 1.82) is 0 Å². The molecule has 0 radical (unpaired) electrons. The first-order valence-corrected chi connectivity index (χ1v) is 8.00. The average Bonchev–Trinajstić information content (AvgIpc) is 2.55. The van der Waals surface area contributed by atoms with Crippen LogP contribution in [0.1, 0.15) is 13.8 Å². The maximum atomic E-state index is 11.4. The fraction of sp³-hybridized carbons (Fsp3) is 0.167. The summed E-state index contributed by atoms with van der Waals surface area (Å²) < 4.78 is -0.902. The molecule has 0 aliphatic heterocycles. The van der Waals surface area contributed by atoms with E-state index >= 15 is 0 Å². The minimum absolute atomic E-state index is 0.835. The van der Waals surface area contributed by atoms with Crippen LogP contribution < -0.4 is 0 Å². The summed E-state index contributed by atoms with van der Waals surface area (Å²) in [5.41, 5.74) is 2.98. The van der Waals surface area contributed by atoms with Crippen LogP contribution in [0.2, 0.25) is 0 Å². The number of rotatable bonds is 4. The van der Waals surface area contributed by atoms with Crippen molar-refractivity contribution >= 4 is 28.6 Å². The number of thioether (sulfide) groups is 1. The molecule has 0 fully saturated rings. The van der Waals surface area contributed by atoms with Crippen LogP contribution in [0.4, 0.5) is 0 Å². The van der Waals surface area contributed by atoms with Gasteiger partial charge in [0.15, 0.2) is 0 Å². The Labute approximate surface area is 138 Å². The highest BCUT2D eigenvalue weighted by molar-refractivity contribution is 8.01. The quantitative estimate of drug-likeness (QED) is 0.727. The number of carboxylic acids is 1. The molecular weight excluding hydrogens is 308 g/mol. The van der Waals surface area contributed by atoms with Crippen molar-refractivity contribution in [2.75, 3.05) is 0 Å². The normalized spacial score (nSPS) is 11.6. The van der Waals surface area contributed by atoms with Gasteiger partial charge in [-0.25, -0.2) is 0 Å². The van der Waals surface area contributed by atoms with E-state index in [1.165, 1.54) is 11.8 Å². The minimum atomic E-state index is -0.902. The summed E-state index contributed by atoms with van der Waals surface area (Å²) in [5.74, 6) is -0.835. The van der Waals surface area contributed by atoms with Gasteiger partial charge in [0.25, 0.3) is 0 Å². The van der Waals surface area contributed by atoms with Gasteiger partial charge in [-0.2, -0.15) is 0 Å². The van der Waals surface area contributed by atoms with Crippen LogP contribution in [0.5, 0.6) is 0 Å². The molecule has 4 nitrogen and oxygen atoms in total. The number of pyridine rings is 2. The van der Waals surface area contributed by atoms with E-state index in [4.69, 9.17) is 0 Å². The van der Waals surface area contributed by atoms with Crippen molar-refractivity contribution in [2.24, 2.45) is 0 Å². The van der Waals surface area contributed by atoms with Gasteiger partial charge >= 0.3 is 5.97 Å². The van der Waals surface area contributed by atoms with Gasteiger partial charge in [0.05, 0.1) is 5.52 Å². The maximum Gasteiger partial charge on any atom is 0.319 e. The Morgan fingerprint density at radius 1 is 1.04 bits per heavy atom. The molecular formula is C18H16N2O2S. The van der Waals surface area contributed by atoms with Crippen LogP contribution >= 0.6 is 11.8 Å². The molecule has 0 unspecified atom stereocenters. The lowest BCUT2D eigenvalue weighted by atomic mass is 10.0. The molecule has 0 aliphatic rings. The third-order valence-electron chi connectivity index (χ3n) is 3.60. The summed E-state index contributed by atoms with van der Waals surface area (Å²) in [6.45, 7) is 3.41. The number of fused-ring (bicyclic) bond motifs is 1. The van der Waals surface area contributed by atoms with E-state index in [0.29, 0.717) is 0 Å². The van der Waals surface area contributed by atoms with E-state index in [1.807, 2.05) is 30.3 Å². The van der Waals surface area contributed by atoms with Crippen LogP contribution in [0.3, 0.4) is 0 Å². The highest BCUT2D eigenvalue weighted by Gasteiger charge is 2.29. The van der Waals surface area contributed by atoms with E-state index in [1.54, 1.807) is 32.4 Å². The van der Waals surface area contributed by atoms with Crippen molar-refractivity contribution in [2.45, 2.75) is 23.5 Å². The zero-order chi connectivity index (χ0) is 16.4. The van der Waals surface area contributed by atoms with Crippen molar-refractivity contribution in [3.63, 3.8) is 0 Å². The molecule has 0 amide bonds. The number of hydrogen-bond donors (Lipinski definition) is 1. The second-order valence-electron chi connectivity index (χ2n) is 5.69. The molecule has 5 heteroatoms. The Bertz CT molecular complexity index is 863. The molecule has 1 aromatic carbocycles. The second kappa shape index (κ2) is 6.01. The number of hydrogen-bond acceptors (Lipinski definition) is 4. The molecule has 0 saturated heterocycles. The molecule has 116 valence electrons. The van der Waals surface area contributed by atoms with Crippen LogP contribution in [-0.2, 0) is 4.79 Å². The van der Waals surface area contributed by atoms with Crippen molar-refractivity contribution in [3.8, 4) is 11.1 Å². The smallest absolute Gasteiger partial charge is 0.319 e. The molecule has 1 N–H and O–H groups in total. The number of aromatic nitrogens is 2. The summed E-state index contributed by atoms with van der Waals surface area (Å²) >= 11 is 1.34. The first-order valence-electron chi connectivity index (χ1n) is 7.19. The third kappa shape index (κ3) is 3.19. The summed E-state index contributed by atoms with van der Waals surface area (Å²) in [6.07, 6.45) is 5.23. The molecule has 3 rings (SSSR count). The molecule has 0 saturated carbocycles. The zero-order valence-electron chi connectivity index (χ0n) is 12.9. The van der Waals surface area contributed by atoms with Crippen LogP contribution in [-0.4, -0.2) is 25.8 Å². The first-order chi connectivity index (χ1) is 11.0. The highest BCUT2D eigenvalue weighted by Crippen LogP contribution is 2.37. The lowest BCUT2D eigenvalue weighted by molar-refractivity contribution is -0.138. The van der Waals surface area contributed by atoms with Gasteiger partial charge in [0.2, 0.25) is 0 Å². The Hall–Kier alpha value is -2.40. The highest BCUT2D eigenvalue weighted by atomic mass is 32.2. The molecule has 3 aromatic rings. The van der Waals surface area contributed by atoms with Crippen molar-refractivity contribution < 1.29 is 9.90 Å². The summed E-state index contributed by atoms with van der Waals surface area (Å²) in [7, 11) is 0. The molecule has 2 aromatic heterocycles. The number of nitrogens with zero attached hydrogens (tertiary/aromatic N) is 2. The predicted octanol–water partition coefficient (Wildman–Crippen LogP) is 4.25. The topological polar surface area (TPSA) is 63.1 Å². The van der Waals surface area contributed by atoms with E-state index in [0.717, 1.165) is 26.9 Å². The van der Waals surface area contributed by atoms with E-state index in [2.05, 4.69) is 16.0 Å². The van der Waals surface area contributed by atoms with Crippen molar-refractivity contribution in [3.05, 3.63) is 55.0 Å². The van der Waals surface area contributed by atoms with Gasteiger partial charge in [-0.15, -0.1) is 11.8 Å². The van der Waals surface area contributed by atoms with Crippen LogP contribution in [0, 0.1) is 0 Å². The summed E-state index contributed by atoms with van der Waals surface area (Å²) in [5, 5.41) is 10.3. The molecule has 0 atom stereocenters. The second-order valence-corrected chi connectivity index (χ2v) is 7.36. The SMILES string of the molecule is CC(C)(Sc1ccnc2ccc(-c3ccncc3)cc12)C(=O)O. The van der Waals surface area contributed by atoms with Crippen LogP contribution in [0.15, 0.2) is 59.9 Å². The molecule has 2 heterocycles. The number of aliphatic carboxylic acids is 1. The monoisotopic (exact) mass is 324 g/mol. The number of carbonyl (C=O) groups is 1. The Balaban J connectivity index is 2.10. The Morgan fingerprint density at radius 3 is 2.48 bits per heavy atom. The first kappa shape index (κ1) is 15.5. The fourth-order valence-electron chi connectivity index (χ4n) is 2.25. The van der Waals surface area contributed by atoms with E-state index in [9.17, 15) is 9.90 Å². The molecule has 0 spiro atoms. The third-order valence-corrected chi connectivity index (χ3v) is 4.86. The van der Waals surface area contributed by atoms with Crippen molar-refractivity contribution in [1.82, 2.24) is 9.97 Å². The molecule has 23 heavy (non-hydrogen) atoms. The molecule has 0 bridgehead atoms. The van der Waals surface area contributed by atoms with Gasteiger partial charge < -0.3 is 5.11 Å². The van der Waals surface area contributed by atoms with E-state index in [-0.39, 0.29) is 0 Å². The van der Waals surface area contributed by atoms with Gasteiger partial charge in [-0.05, 0) is 55.3 Å². The predicted molar refractivity (Wildman–Crippen MR) is 92.5 cm³/mol. The van der Waals surface area contributed by atoms with Gasteiger partial charge in [-0.3, -0.25) is 14.8 Å². The number of benzene rings is 1. The maximum absolute atomic E-state index is 11.4. The standard InChI is InChI=1S/C18H16N2O2S/c1-18(2,17(21)22)23-16-7-10-20-15-4-3-13(11-14(15)16)12-5-8-19-9-6-12/h3-11H,1-2H3,(H,21,22). The minimum Gasteiger partial charge on any atom is -0.480 e. The number of carboxylic acid groups (broad SMARTS) is 1. The van der Waals surface area contributed by atoms with Gasteiger partial charge in [0.1, 0.15) is 4.75 Å². The largest absolute Gasteiger partial charge is 0.480 e. The lowest BCUT2D eigenvalue weighted by Crippen LogP contribution is -2.26. The summed E-state index contributed by atoms with van der Waals surface area (Å²) in [6, 6.07) is 11.8. The lowest BCUT2D eigenvalue weighted by Gasteiger charge is -2.19. The fourth-order valence-corrected chi connectivity index (χ4v) is 3.29. The van der Waals surface area contributed by atoms with Crippen LogP contribution in [0.25, 0.3) is 22.0 Å². The average molecular weight is 324 g/mol. The van der Waals surface area contributed by atoms with Gasteiger partial charge in [0, 0.05) is 28.9 Å². The zero-order valence-corrected chi connectivity index (χ0v) is 13.7. The van der Waals surface area contributed by atoms with E-state index < -0.39 is 10.7 Å².